The van der Waals surface area contributed by atoms with Gasteiger partial charge < -0.3 is 9.47 Å². The second-order valence-electron chi connectivity index (χ2n) is 7.90. The van der Waals surface area contributed by atoms with Crippen LogP contribution in [-0.4, -0.2) is 34.2 Å². The van der Waals surface area contributed by atoms with Gasteiger partial charge in [0.05, 0.1) is 25.4 Å². The highest BCUT2D eigenvalue weighted by molar-refractivity contribution is 6.76. The fraction of sp³-hybridized carbons (Fsp3) is 0.429. The van der Waals surface area contributed by atoms with Crippen molar-refractivity contribution in [3.8, 4) is 0 Å². The fourth-order valence-electron chi connectivity index (χ4n) is 3.52. The molecule has 2 rings (SSSR count). The van der Waals surface area contributed by atoms with Crippen LogP contribution in [0.5, 0.6) is 0 Å². The monoisotopic (exact) mass is 372 g/mol. The Kier molecular flexibility index (Phi) is 6.24. The molecule has 0 radical (unpaired) electrons. The first-order valence-electron chi connectivity index (χ1n) is 8.85. The summed E-state index contributed by atoms with van der Waals surface area (Å²) in [5.74, 6) is -1.40. The minimum absolute atomic E-state index is 0.164. The number of ether oxygens (including phenoxy) is 2. The van der Waals surface area contributed by atoms with Crippen LogP contribution < -0.4 is 0 Å². The Morgan fingerprint density at radius 3 is 2.00 bits per heavy atom. The first-order valence-corrected chi connectivity index (χ1v) is 12.6. The third-order valence-electron chi connectivity index (χ3n) is 4.67. The predicted octanol–water partition coefficient (Wildman–Crippen LogP) is 4.33. The second-order valence-corrected chi connectivity index (χ2v) is 13.4. The van der Waals surface area contributed by atoms with E-state index in [1.807, 2.05) is 37.3 Å². The summed E-state index contributed by atoms with van der Waals surface area (Å²) in [7, 11) is 1.29. The summed E-state index contributed by atoms with van der Waals surface area (Å²) in [5.41, 5.74) is 2.97. The summed E-state index contributed by atoms with van der Waals surface area (Å²) < 4.78 is 10.1. The summed E-state index contributed by atoms with van der Waals surface area (Å²) in [4.78, 5) is 25.2. The Hall–Kier alpha value is -2.14. The van der Waals surface area contributed by atoms with Crippen LogP contribution in [-0.2, 0) is 19.1 Å². The lowest BCUT2D eigenvalue weighted by atomic mass is 9.75. The molecule has 0 unspecified atom stereocenters. The van der Waals surface area contributed by atoms with Crippen molar-refractivity contribution in [1.29, 1.82) is 0 Å². The van der Waals surface area contributed by atoms with Gasteiger partial charge in [-0.2, -0.15) is 0 Å². The molecule has 2 atom stereocenters. The molecule has 0 aliphatic heterocycles. The van der Waals surface area contributed by atoms with Crippen LogP contribution in [0, 0.1) is 5.92 Å². The van der Waals surface area contributed by atoms with E-state index in [0.29, 0.717) is 11.1 Å². The van der Waals surface area contributed by atoms with Gasteiger partial charge in [0.2, 0.25) is 0 Å². The Balaban J connectivity index is 2.69. The number of methoxy groups -OCH3 is 2. The lowest BCUT2D eigenvalue weighted by Gasteiger charge is -2.32. The minimum Gasteiger partial charge on any atom is -0.466 e. The molecule has 1 aromatic rings. The number of rotatable bonds is 5. The lowest BCUT2D eigenvalue weighted by Crippen LogP contribution is -2.30. The Morgan fingerprint density at radius 1 is 0.962 bits per heavy atom. The van der Waals surface area contributed by atoms with E-state index >= 15 is 0 Å². The fourth-order valence-corrected chi connectivity index (χ4v) is 5.17. The highest BCUT2D eigenvalue weighted by atomic mass is 28.3. The van der Waals surface area contributed by atoms with E-state index in [1.165, 1.54) is 19.8 Å². The summed E-state index contributed by atoms with van der Waals surface area (Å²) >= 11 is 0. The summed E-state index contributed by atoms with van der Waals surface area (Å²) in [5, 5.41) is 0. The molecule has 140 valence electrons. The zero-order valence-electron chi connectivity index (χ0n) is 16.5. The van der Waals surface area contributed by atoms with Crippen LogP contribution in [0.1, 0.15) is 18.4 Å². The molecule has 1 aliphatic rings. The Labute approximate surface area is 156 Å². The highest BCUT2D eigenvalue weighted by Crippen LogP contribution is 2.42. The van der Waals surface area contributed by atoms with E-state index in [-0.39, 0.29) is 11.8 Å². The average molecular weight is 373 g/mol. The smallest absolute Gasteiger partial charge is 0.335 e. The highest BCUT2D eigenvalue weighted by Gasteiger charge is 2.38. The van der Waals surface area contributed by atoms with Gasteiger partial charge in [0.1, 0.15) is 0 Å². The standard InChI is InChI=1S/C21H28O4Si/c1-14-16(13-26(4,5)6)12-17(15-10-8-7-9-11-15)19(21(23)25-3)18(14)20(22)24-2/h7-12,14,17H,13H2,1-6H3/t14-,17-/m0/s1. The molecular weight excluding hydrogens is 344 g/mol. The molecule has 5 heteroatoms. The molecule has 1 aromatic carbocycles. The van der Waals surface area contributed by atoms with Gasteiger partial charge in [-0.05, 0) is 11.6 Å². The van der Waals surface area contributed by atoms with E-state index in [1.54, 1.807) is 0 Å². The van der Waals surface area contributed by atoms with Crippen molar-refractivity contribution in [1.82, 2.24) is 0 Å². The average Bonchev–Trinajstić information content (AvgIpc) is 2.61. The minimum atomic E-state index is -1.41. The SMILES string of the molecule is COC(=O)C1=C(C(=O)OC)[C@H](c2ccccc2)C=C(C[Si](C)(C)C)[C@@H]1C. The zero-order valence-corrected chi connectivity index (χ0v) is 17.5. The Morgan fingerprint density at radius 2 is 1.50 bits per heavy atom. The van der Waals surface area contributed by atoms with Gasteiger partial charge in [0, 0.05) is 19.9 Å². The molecule has 1 aliphatic carbocycles. The van der Waals surface area contributed by atoms with Crippen LogP contribution in [0.4, 0.5) is 0 Å². The quantitative estimate of drug-likeness (QED) is 0.439. The molecule has 0 N–H and O–H groups in total. The van der Waals surface area contributed by atoms with Gasteiger partial charge >= 0.3 is 11.9 Å². The van der Waals surface area contributed by atoms with Crippen LogP contribution in [0.15, 0.2) is 53.1 Å². The third kappa shape index (κ3) is 4.33. The molecule has 0 spiro atoms. The van der Waals surface area contributed by atoms with E-state index in [0.717, 1.165) is 11.6 Å². The molecule has 4 nitrogen and oxygen atoms in total. The molecule has 0 saturated heterocycles. The molecule has 0 bridgehead atoms. The van der Waals surface area contributed by atoms with Crippen LogP contribution >= 0.6 is 0 Å². The van der Waals surface area contributed by atoms with Crippen molar-refractivity contribution in [3.05, 3.63) is 58.7 Å². The van der Waals surface area contributed by atoms with Crippen LogP contribution in [0.25, 0.3) is 0 Å². The van der Waals surface area contributed by atoms with Crippen molar-refractivity contribution >= 4 is 20.0 Å². The van der Waals surface area contributed by atoms with Gasteiger partial charge in [-0.1, -0.05) is 68.5 Å². The number of carbonyl (C=O) groups is 2. The van der Waals surface area contributed by atoms with Gasteiger partial charge in [0.15, 0.2) is 0 Å². The summed E-state index contributed by atoms with van der Waals surface area (Å²) in [6.07, 6.45) is 2.15. The first-order chi connectivity index (χ1) is 12.2. The molecular formula is C21H28O4Si. The van der Waals surface area contributed by atoms with E-state index in [9.17, 15) is 9.59 Å². The topological polar surface area (TPSA) is 52.6 Å². The molecule has 0 fully saturated rings. The molecule has 0 heterocycles. The van der Waals surface area contributed by atoms with Crippen molar-refractivity contribution in [2.45, 2.75) is 38.5 Å². The maximum Gasteiger partial charge on any atom is 0.335 e. The maximum absolute atomic E-state index is 12.6. The Bertz CT molecular complexity index is 741. The summed E-state index contributed by atoms with van der Waals surface area (Å²) in [6.45, 7) is 8.88. The zero-order chi connectivity index (χ0) is 19.5. The largest absolute Gasteiger partial charge is 0.466 e. The van der Waals surface area contributed by atoms with Crippen molar-refractivity contribution in [2.24, 2.45) is 5.92 Å². The molecule has 26 heavy (non-hydrogen) atoms. The second kappa shape index (κ2) is 8.04. The predicted molar refractivity (Wildman–Crippen MR) is 106 cm³/mol. The van der Waals surface area contributed by atoms with Crippen LogP contribution in [0.2, 0.25) is 25.7 Å². The van der Waals surface area contributed by atoms with Crippen molar-refractivity contribution in [2.75, 3.05) is 14.2 Å². The number of benzene rings is 1. The lowest BCUT2D eigenvalue weighted by molar-refractivity contribution is -0.140. The number of hydrogen-bond donors (Lipinski definition) is 0. The van der Waals surface area contributed by atoms with Crippen molar-refractivity contribution < 1.29 is 19.1 Å². The molecule has 0 saturated carbocycles. The number of carbonyl (C=O) groups excluding carboxylic acids is 2. The summed E-state index contributed by atoms with van der Waals surface area (Å²) in [6, 6.07) is 10.7. The number of allylic oxidation sites excluding steroid dienone is 2. The van der Waals surface area contributed by atoms with Crippen LogP contribution in [0.3, 0.4) is 0 Å². The van der Waals surface area contributed by atoms with Crippen molar-refractivity contribution in [3.63, 3.8) is 0 Å². The third-order valence-corrected chi connectivity index (χ3v) is 6.14. The van der Waals surface area contributed by atoms with E-state index < -0.39 is 20.0 Å². The van der Waals surface area contributed by atoms with Gasteiger partial charge in [-0.3, -0.25) is 0 Å². The number of esters is 2. The molecule has 0 aromatic heterocycles. The van der Waals surface area contributed by atoms with E-state index in [2.05, 4.69) is 25.7 Å². The van der Waals surface area contributed by atoms with E-state index in [4.69, 9.17) is 9.47 Å². The van der Waals surface area contributed by atoms with Gasteiger partial charge in [0.25, 0.3) is 0 Å². The first kappa shape index (κ1) is 20.2. The maximum atomic E-state index is 12.6. The number of hydrogen-bond acceptors (Lipinski definition) is 4. The normalized spacial score (nSPS) is 20.5. The van der Waals surface area contributed by atoms with Gasteiger partial charge in [-0.15, -0.1) is 0 Å². The molecule has 0 amide bonds. The van der Waals surface area contributed by atoms with Gasteiger partial charge in [-0.25, -0.2) is 9.59 Å².